The number of ether oxygens (including phenoxy) is 4. The van der Waals surface area contributed by atoms with Gasteiger partial charge in [-0.15, -0.1) is 0 Å². The smallest absolute Gasteiger partial charge is 0.253 e. The van der Waals surface area contributed by atoms with Crippen molar-refractivity contribution in [3.05, 3.63) is 12.2 Å². The Morgan fingerprint density at radius 3 is 1.57 bits per heavy atom. The van der Waals surface area contributed by atoms with Gasteiger partial charge in [-0.1, -0.05) is 0 Å². The third-order valence-electron chi connectivity index (χ3n) is 4.12. The highest BCUT2D eigenvalue weighted by molar-refractivity contribution is 6.12. The van der Waals surface area contributed by atoms with Gasteiger partial charge in [0, 0.05) is 38.3 Å². The maximum Gasteiger partial charge on any atom is 0.253 e. The number of amides is 5. The molecule has 1 rings (SSSR count). The van der Waals surface area contributed by atoms with Gasteiger partial charge in [0.25, 0.3) is 11.8 Å². The molecule has 5 N–H and O–H groups in total. The molecule has 0 saturated heterocycles. The van der Waals surface area contributed by atoms with Gasteiger partial charge >= 0.3 is 0 Å². The average molecular weight is 504 g/mol. The number of nitrogens with zero attached hydrogens (tertiary/aromatic N) is 1. The van der Waals surface area contributed by atoms with E-state index in [1.54, 1.807) is 0 Å². The van der Waals surface area contributed by atoms with Crippen molar-refractivity contribution in [3.8, 4) is 0 Å². The third kappa shape index (κ3) is 15.5. The van der Waals surface area contributed by atoms with Gasteiger partial charge in [-0.25, -0.2) is 5.90 Å². The molecule has 0 saturated carbocycles. The second-order valence-corrected chi connectivity index (χ2v) is 6.85. The molecule has 0 fully saturated rings. The van der Waals surface area contributed by atoms with E-state index in [0.29, 0.717) is 13.2 Å². The van der Waals surface area contributed by atoms with Crippen molar-refractivity contribution in [3.63, 3.8) is 0 Å². The van der Waals surface area contributed by atoms with Crippen LogP contribution in [0.2, 0.25) is 0 Å². The molecule has 15 nitrogen and oxygen atoms in total. The fourth-order valence-corrected chi connectivity index (χ4v) is 2.48. The lowest BCUT2D eigenvalue weighted by Gasteiger charge is -2.14. The number of carbonyl (C=O) groups is 5. The quantitative estimate of drug-likeness (QED) is 0.0681. The number of nitrogens with two attached hydrogens (primary N) is 1. The fraction of sp³-hybridized carbons (Fsp3) is 0.650. The van der Waals surface area contributed by atoms with E-state index in [1.165, 1.54) is 12.2 Å². The predicted molar refractivity (Wildman–Crippen MR) is 118 cm³/mol. The summed E-state index contributed by atoms with van der Waals surface area (Å²) in [5.74, 6) is 2.94. The zero-order chi connectivity index (χ0) is 25.7. The Hall–Kier alpha value is -2.95. The van der Waals surface area contributed by atoms with Gasteiger partial charge in [-0.2, -0.15) is 0 Å². The Labute approximate surface area is 202 Å². The minimum absolute atomic E-state index is 0.0947. The van der Waals surface area contributed by atoms with Crippen LogP contribution < -0.4 is 21.8 Å². The normalized spacial score (nSPS) is 12.8. The van der Waals surface area contributed by atoms with Crippen LogP contribution in [0.1, 0.15) is 0 Å². The first kappa shape index (κ1) is 30.1. The summed E-state index contributed by atoms with van der Waals surface area (Å²) in [6.45, 7) is 1.77. The molecule has 5 amide bonds. The summed E-state index contributed by atoms with van der Waals surface area (Å²) in [5.41, 5.74) is 0. The van der Waals surface area contributed by atoms with E-state index in [-0.39, 0.29) is 90.2 Å². The lowest BCUT2D eigenvalue weighted by atomic mass is 10.5. The van der Waals surface area contributed by atoms with Crippen LogP contribution in [0.15, 0.2) is 12.2 Å². The zero-order valence-electron chi connectivity index (χ0n) is 19.5. The van der Waals surface area contributed by atoms with Gasteiger partial charge in [0.2, 0.25) is 17.7 Å². The molecule has 35 heavy (non-hydrogen) atoms. The van der Waals surface area contributed by atoms with E-state index in [0.717, 1.165) is 4.90 Å². The summed E-state index contributed by atoms with van der Waals surface area (Å²) in [5, 5.41) is 7.69. The summed E-state index contributed by atoms with van der Waals surface area (Å²) in [6, 6.07) is 0. The standard InChI is InChI=1S/C20H33N5O10/c21-35-15-18(28)24-5-8-32-10-12-34-14-17(27)23-4-7-31-9-11-33-13-16(26)22-3-6-25-19(29)1-2-20(25)30/h1-2H,3-15,21H2,(H,22,26)(H,23,27)(H,24,28). The molecule has 1 heterocycles. The summed E-state index contributed by atoms with van der Waals surface area (Å²) in [7, 11) is 0. The molecule has 0 aromatic carbocycles. The molecule has 0 unspecified atom stereocenters. The molecule has 198 valence electrons. The maximum atomic E-state index is 11.6. The number of rotatable bonds is 21. The molecule has 0 aromatic rings. The van der Waals surface area contributed by atoms with Crippen LogP contribution in [0.4, 0.5) is 0 Å². The number of nitrogens with one attached hydrogen (secondary N) is 3. The van der Waals surface area contributed by atoms with Crippen molar-refractivity contribution in [1.29, 1.82) is 0 Å². The first-order chi connectivity index (χ1) is 16.9. The zero-order valence-corrected chi connectivity index (χ0v) is 19.5. The number of carbonyl (C=O) groups excluding carboxylic acids is 5. The minimum Gasteiger partial charge on any atom is -0.377 e. The van der Waals surface area contributed by atoms with Crippen molar-refractivity contribution in [2.75, 3.05) is 85.6 Å². The monoisotopic (exact) mass is 503 g/mol. The molecule has 0 radical (unpaired) electrons. The summed E-state index contributed by atoms with van der Waals surface area (Å²) in [4.78, 5) is 62.2. The van der Waals surface area contributed by atoms with Crippen LogP contribution in [0, 0.1) is 0 Å². The van der Waals surface area contributed by atoms with Crippen molar-refractivity contribution in [2.24, 2.45) is 5.90 Å². The van der Waals surface area contributed by atoms with Gasteiger partial charge in [-0.3, -0.25) is 33.7 Å². The van der Waals surface area contributed by atoms with Crippen molar-refractivity contribution in [2.45, 2.75) is 0 Å². The second kappa shape index (κ2) is 19.4. The molecule has 0 aromatic heterocycles. The van der Waals surface area contributed by atoms with Crippen LogP contribution in [0.5, 0.6) is 0 Å². The topological polar surface area (TPSA) is 197 Å². The molecule has 1 aliphatic rings. The molecule has 0 spiro atoms. The molecule has 15 heteroatoms. The van der Waals surface area contributed by atoms with Crippen molar-refractivity contribution >= 4 is 29.5 Å². The highest BCUT2D eigenvalue weighted by Crippen LogP contribution is 2.01. The molecule has 0 bridgehead atoms. The Morgan fingerprint density at radius 2 is 1.09 bits per heavy atom. The van der Waals surface area contributed by atoms with Crippen LogP contribution in [0.25, 0.3) is 0 Å². The molecular weight excluding hydrogens is 470 g/mol. The summed E-state index contributed by atoms with van der Waals surface area (Å²) < 4.78 is 20.8. The van der Waals surface area contributed by atoms with E-state index in [2.05, 4.69) is 20.8 Å². The number of hydrogen-bond donors (Lipinski definition) is 4. The number of imide groups is 1. The van der Waals surface area contributed by atoms with Gasteiger partial charge < -0.3 is 34.9 Å². The summed E-state index contributed by atoms with van der Waals surface area (Å²) >= 11 is 0. The van der Waals surface area contributed by atoms with Gasteiger partial charge in [-0.05, 0) is 0 Å². The number of hydrogen-bond acceptors (Lipinski definition) is 11. The minimum atomic E-state index is -0.401. The van der Waals surface area contributed by atoms with Crippen LogP contribution in [0.3, 0.4) is 0 Å². The van der Waals surface area contributed by atoms with Gasteiger partial charge in [0.15, 0.2) is 0 Å². The highest BCUT2D eigenvalue weighted by Gasteiger charge is 2.22. The molecular formula is C20H33N5O10. The fourth-order valence-electron chi connectivity index (χ4n) is 2.48. The third-order valence-corrected chi connectivity index (χ3v) is 4.12. The Morgan fingerprint density at radius 1 is 0.657 bits per heavy atom. The maximum absolute atomic E-state index is 11.6. The predicted octanol–water partition coefficient (Wildman–Crippen LogP) is -3.78. The lowest BCUT2D eigenvalue weighted by molar-refractivity contribution is -0.137. The van der Waals surface area contributed by atoms with Gasteiger partial charge in [0.05, 0.1) is 39.6 Å². The van der Waals surface area contributed by atoms with E-state index < -0.39 is 11.8 Å². The van der Waals surface area contributed by atoms with Gasteiger partial charge in [0.1, 0.15) is 19.8 Å². The van der Waals surface area contributed by atoms with E-state index in [4.69, 9.17) is 24.8 Å². The Kier molecular flexibility index (Phi) is 16.6. The SMILES string of the molecule is NOCC(=O)NCCOCCOCC(=O)NCCOCCOCC(=O)NCCN1C(=O)C=CC1=O. The van der Waals surface area contributed by atoms with E-state index in [9.17, 15) is 24.0 Å². The molecule has 0 aliphatic carbocycles. The van der Waals surface area contributed by atoms with Crippen LogP contribution in [-0.2, 0) is 47.8 Å². The summed E-state index contributed by atoms with van der Waals surface area (Å²) in [6.07, 6.45) is 2.36. The van der Waals surface area contributed by atoms with Crippen molar-refractivity contribution in [1.82, 2.24) is 20.9 Å². The van der Waals surface area contributed by atoms with E-state index in [1.807, 2.05) is 0 Å². The van der Waals surface area contributed by atoms with Crippen molar-refractivity contribution < 1.29 is 47.8 Å². The second-order valence-electron chi connectivity index (χ2n) is 6.85. The molecule has 0 atom stereocenters. The first-order valence-electron chi connectivity index (χ1n) is 10.9. The largest absolute Gasteiger partial charge is 0.377 e. The highest BCUT2D eigenvalue weighted by atomic mass is 16.6. The Bertz CT molecular complexity index is 700. The van der Waals surface area contributed by atoms with Crippen LogP contribution >= 0.6 is 0 Å². The molecule has 1 aliphatic heterocycles. The van der Waals surface area contributed by atoms with E-state index >= 15 is 0 Å². The first-order valence-corrected chi connectivity index (χ1v) is 10.9. The van der Waals surface area contributed by atoms with Crippen LogP contribution in [-0.4, -0.2) is 120 Å². The Balaban J connectivity index is 1.82. The average Bonchev–Trinajstić information content (AvgIpc) is 3.14. The lowest BCUT2D eigenvalue weighted by Crippen LogP contribution is -2.39.